The highest BCUT2D eigenvalue weighted by atomic mass is 35.5. The fourth-order valence-electron chi connectivity index (χ4n) is 4.00. The molecule has 1 fully saturated rings. The van der Waals surface area contributed by atoms with Crippen molar-refractivity contribution in [3.8, 4) is 0 Å². The second-order valence-electron chi connectivity index (χ2n) is 7.89. The number of aryl methyl sites for hydroxylation is 1. The molecule has 1 amide bonds. The summed E-state index contributed by atoms with van der Waals surface area (Å²) in [6.07, 6.45) is 2.19. The van der Waals surface area contributed by atoms with Gasteiger partial charge in [-0.05, 0) is 79.6 Å². The standard InChI is InChI=1S/C23H23ClFN3O3S2/c1-14-13-18(24)21(28-10-3-4-11-28)15(2)20(14)26-23(29)22-19(9-12-32-22)27-33(30,31)17-7-5-16(25)6-8-17/h5-9,12-13,27H,3-4,10-11H2,1-2H3,(H,26,29). The zero-order valence-electron chi connectivity index (χ0n) is 18.1. The molecule has 0 aliphatic carbocycles. The average Bonchev–Trinajstić information content (AvgIpc) is 3.43. The van der Waals surface area contributed by atoms with Gasteiger partial charge in [-0.15, -0.1) is 11.3 Å². The number of halogens is 2. The molecule has 33 heavy (non-hydrogen) atoms. The molecule has 1 aliphatic rings. The molecule has 0 atom stereocenters. The number of carbonyl (C=O) groups excluding carboxylic acids is 1. The molecule has 0 radical (unpaired) electrons. The smallest absolute Gasteiger partial charge is 0.267 e. The number of amides is 1. The second kappa shape index (κ2) is 9.32. The molecule has 1 saturated heterocycles. The molecule has 0 saturated carbocycles. The summed E-state index contributed by atoms with van der Waals surface area (Å²) in [7, 11) is -3.98. The minimum Gasteiger partial charge on any atom is -0.370 e. The second-order valence-corrected chi connectivity index (χ2v) is 10.9. The molecule has 1 aromatic heterocycles. The zero-order chi connectivity index (χ0) is 23.8. The first-order chi connectivity index (χ1) is 15.7. The van der Waals surface area contributed by atoms with Crippen molar-refractivity contribution >= 4 is 55.9 Å². The van der Waals surface area contributed by atoms with Gasteiger partial charge in [-0.2, -0.15) is 0 Å². The van der Waals surface area contributed by atoms with E-state index in [-0.39, 0.29) is 15.5 Å². The summed E-state index contributed by atoms with van der Waals surface area (Å²) in [5.41, 5.74) is 3.43. The molecule has 2 N–H and O–H groups in total. The first-order valence-electron chi connectivity index (χ1n) is 10.4. The Labute approximate surface area is 201 Å². The molecule has 4 rings (SSSR count). The third kappa shape index (κ3) is 4.85. The van der Waals surface area contributed by atoms with E-state index in [9.17, 15) is 17.6 Å². The molecule has 0 spiro atoms. The van der Waals surface area contributed by atoms with E-state index in [1.807, 2.05) is 19.9 Å². The number of thiophene rings is 1. The van der Waals surface area contributed by atoms with Crippen LogP contribution < -0.4 is 14.9 Å². The first kappa shape index (κ1) is 23.5. The predicted molar refractivity (Wildman–Crippen MR) is 132 cm³/mol. The number of benzene rings is 2. The number of anilines is 3. The van der Waals surface area contributed by atoms with Gasteiger partial charge < -0.3 is 10.2 Å². The van der Waals surface area contributed by atoms with Crippen LogP contribution in [0.3, 0.4) is 0 Å². The summed E-state index contributed by atoms with van der Waals surface area (Å²) < 4.78 is 41.0. The van der Waals surface area contributed by atoms with Crippen molar-refractivity contribution in [1.29, 1.82) is 0 Å². The average molecular weight is 508 g/mol. The first-order valence-corrected chi connectivity index (χ1v) is 13.1. The fraction of sp³-hybridized carbons (Fsp3) is 0.261. The number of carbonyl (C=O) groups is 1. The van der Waals surface area contributed by atoms with Crippen LogP contribution in [0.2, 0.25) is 5.02 Å². The van der Waals surface area contributed by atoms with Crippen LogP contribution >= 0.6 is 22.9 Å². The third-order valence-electron chi connectivity index (χ3n) is 5.59. The van der Waals surface area contributed by atoms with Gasteiger partial charge in [0.1, 0.15) is 10.7 Å². The number of rotatable bonds is 6. The predicted octanol–water partition coefficient (Wildman–Crippen LogP) is 5.81. The summed E-state index contributed by atoms with van der Waals surface area (Å²) in [6, 6.07) is 7.84. The Balaban J connectivity index is 1.60. The monoisotopic (exact) mass is 507 g/mol. The van der Waals surface area contributed by atoms with Crippen molar-refractivity contribution in [2.75, 3.05) is 28.0 Å². The molecule has 10 heteroatoms. The Morgan fingerprint density at radius 1 is 1.12 bits per heavy atom. The Morgan fingerprint density at radius 2 is 1.79 bits per heavy atom. The Morgan fingerprint density at radius 3 is 2.45 bits per heavy atom. The molecule has 2 aromatic carbocycles. The van der Waals surface area contributed by atoms with Crippen molar-refractivity contribution in [2.24, 2.45) is 0 Å². The molecule has 0 bridgehead atoms. The van der Waals surface area contributed by atoms with Crippen molar-refractivity contribution in [1.82, 2.24) is 0 Å². The number of hydrogen-bond acceptors (Lipinski definition) is 5. The van der Waals surface area contributed by atoms with Crippen LogP contribution in [0.1, 0.15) is 33.6 Å². The van der Waals surface area contributed by atoms with E-state index in [2.05, 4.69) is 14.9 Å². The quantitative estimate of drug-likeness (QED) is 0.441. The topological polar surface area (TPSA) is 78.5 Å². The molecule has 1 aliphatic heterocycles. The number of sulfonamides is 1. The molecular weight excluding hydrogens is 485 g/mol. The minimum absolute atomic E-state index is 0.0962. The zero-order valence-corrected chi connectivity index (χ0v) is 20.5. The van der Waals surface area contributed by atoms with Gasteiger partial charge in [0.2, 0.25) is 0 Å². The number of nitrogens with one attached hydrogen (secondary N) is 2. The Kier molecular flexibility index (Phi) is 6.65. The summed E-state index contributed by atoms with van der Waals surface area (Å²) in [5, 5.41) is 5.23. The van der Waals surface area contributed by atoms with Crippen molar-refractivity contribution in [3.63, 3.8) is 0 Å². The van der Waals surface area contributed by atoms with E-state index in [0.717, 1.165) is 66.2 Å². The molecular formula is C23H23ClFN3O3S2. The van der Waals surface area contributed by atoms with Gasteiger partial charge in [0, 0.05) is 18.8 Å². The highest BCUT2D eigenvalue weighted by Gasteiger charge is 2.24. The van der Waals surface area contributed by atoms with Gasteiger partial charge in [-0.25, -0.2) is 12.8 Å². The maximum absolute atomic E-state index is 13.2. The Hall–Kier alpha value is -2.62. The largest absolute Gasteiger partial charge is 0.370 e. The maximum Gasteiger partial charge on any atom is 0.267 e. The van der Waals surface area contributed by atoms with Gasteiger partial charge in [0.25, 0.3) is 15.9 Å². The molecule has 2 heterocycles. The highest BCUT2D eigenvalue weighted by Crippen LogP contribution is 2.39. The fourth-order valence-corrected chi connectivity index (χ4v) is 6.30. The van der Waals surface area contributed by atoms with Gasteiger partial charge >= 0.3 is 0 Å². The SMILES string of the molecule is Cc1cc(Cl)c(N2CCCC2)c(C)c1NC(=O)c1sccc1NS(=O)(=O)c1ccc(F)cc1. The van der Waals surface area contributed by atoms with Gasteiger partial charge in [-0.1, -0.05) is 11.6 Å². The van der Waals surface area contributed by atoms with E-state index in [1.165, 1.54) is 18.2 Å². The molecule has 3 aromatic rings. The van der Waals surface area contributed by atoms with Crippen molar-refractivity contribution < 1.29 is 17.6 Å². The van der Waals surface area contributed by atoms with E-state index < -0.39 is 21.7 Å². The lowest BCUT2D eigenvalue weighted by Crippen LogP contribution is -2.21. The normalized spacial score (nSPS) is 13.9. The van der Waals surface area contributed by atoms with Crippen LogP contribution in [0.15, 0.2) is 46.7 Å². The molecule has 0 unspecified atom stereocenters. The summed E-state index contributed by atoms with van der Waals surface area (Å²) in [4.78, 5) is 15.5. The van der Waals surface area contributed by atoms with E-state index in [4.69, 9.17) is 11.6 Å². The van der Waals surface area contributed by atoms with Crippen LogP contribution in [0.25, 0.3) is 0 Å². The van der Waals surface area contributed by atoms with Crippen LogP contribution in [0.5, 0.6) is 0 Å². The highest BCUT2D eigenvalue weighted by molar-refractivity contribution is 7.92. The van der Waals surface area contributed by atoms with Crippen LogP contribution in [0.4, 0.5) is 21.5 Å². The number of nitrogens with zero attached hydrogens (tertiary/aromatic N) is 1. The lowest BCUT2D eigenvalue weighted by molar-refractivity contribution is 0.103. The van der Waals surface area contributed by atoms with E-state index in [1.54, 1.807) is 5.38 Å². The van der Waals surface area contributed by atoms with E-state index in [0.29, 0.717) is 10.7 Å². The lowest BCUT2D eigenvalue weighted by Gasteiger charge is -2.25. The summed E-state index contributed by atoms with van der Waals surface area (Å²) in [6.45, 7) is 5.62. The summed E-state index contributed by atoms with van der Waals surface area (Å²) >= 11 is 7.66. The maximum atomic E-state index is 13.2. The number of hydrogen-bond donors (Lipinski definition) is 2. The van der Waals surface area contributed by atoms with Crippen LogP contribution in [-0.4, -0.2) is 27.4 Å². The van der Waals surface area contributed by atoms with E-state index >= 15 is 0 Å². The Bertz CT molecular complexity index is 1300. The van der Waals surface area contributed by atoms with Gasteiger partial charge in [-0.3, -0.25) is 9.52 Å². The van der Waals surface area contributed by atoms with Crippen LogP contribution in [0, 0.1) is 19.7 Å². The molecule has 174 valence electrons. The third-order valence-corrected chi connectivity index (χ3v) is 8.18. The van der Waals surface area contributed by atoms with Gasteiger partial charge in [0.05, 0.1) is 21.3 Å². The van der Waals surface area contributed by atoms with Crippen LogP contribution in [-0.2, 0) is 10.0 Å². The summed E-state index contributed by atoms with van der Waals surface area (Å²) in [5.74, 6) is -0.964. The van der Waals surface area contributed by atoms with Gasteiger partial charge in [0.15, 0.2) is 0 Å². The minimum atomic E-state index is -3.98. The molecule has 6 nitrogen and oxygen atoms in total. The van der Waals surface area contributed by atoms with Crippen molar-refractivity contribution in [3.05, 3.63) is 68.6 Å². The lowest BCUT2D eigenvalue weighted by atomic mass is 10.1. The van der Waals surface area contributed by atoms with Crippen molar-refractivity contribution in [2.45, 2.75) is 31.6 Å².